The summed E-state index contributed by atoms with van der Waals surface area (Å²) < 4.78 is 5.12. The number of carbonyl (C=O) groups excluding carboxylic acids is 2. The lowest BCUT2D eigenvalue weighted by molar-refractivity contribution is -0.116. The highest BCUT2D eigenvalue weighted by Gasteiger charge is 2.09. The molecule has 0 spiro atoms. The van der Waals surface area contributed by atoms with Crippen molar-refractivity contribution in [2.24, 2.45) is 0 Å². The summed E-state index contributed by atoms with van der Waals surface area (Å²) in [5, 5.41) is 8.65. The maximum absolute atomic E-state index is 12.3. The van der Waals surface area contributed by atoms with Crippen LogP contribution >= 0.6 is 24.6 Å². The molecule has 0 aliphatic carbocycles. The second-order valence-corrected chi connectivity index (χ2v) is 7.43. The molecule has 0 fully saturated rings. The van der Waals surface area contributed by atoms with Gasteiger partial charge >= 0.3 is 0 Å². The van der Waals surface area contributed by atoms with Gasteiger partial charge in [0.1, 0.15) is 5.75 Å². The van der Waals surface area contributed by atoms with Crippen molar-refractivity contribution in [3.8, 4) is 5.75 Å². The molecule has 0 aliphatic rings. The Morgan fingerprint density at radius 3 is 2.26 bits per heavy atom. The SMILES string of the molecule is COc1cccc(C(=O)NC(=S)Nc2ccc(NC(=O)CCCCN(C)C)cc2)c1.Cl. The first-order valence-corrected chi connectivity index (χ1v) is 10.1. The normalized spacial score (nSPS) is 10.1. The van der Waals surface area contributed by atoms with Gasteiger partial charge in [-0.2, -0.15) is 0 Å². The zero-order valence-corrected chi connectivity index (χ0v) is 19.6. The van der Waals surface area contributed by atoms with E-state index >= 15 is 0 Å². The largest absolute Gasteiger partial charge is 0.497 e. The Morgan fingerprint density at radius 2 is 1.65 bits per heavy atom. The average Bonchev–Trinajstić information content (AvgIpc) is 2.72. The van der Waals surface area contributed by atoms with Gasteiger partial charge in [0.2, 0.25) is 5.91 Å². The molecule has 0 aromatic heterocycles. The van der Waals surface area contributed by atoms with E-state index in [0.717, 1.165) is 19.4 Å². The second-order valence-electron chi connectivity index (χ2n) is 7.03. The Morgan fingerprint density at radius 1 is 1.00 bits per heavy atom. The number of ether oxygens (including phenoxy) is 1. The molecule has 0 aliphatic heterocycles. The van der Waals surface area contributed by atoms with Crippen molar-refractivity contribution in [1.29, 1.82) is 0 Å². The molecule has 2 amide bonds. The fraction of sp³-hybridized carbons (Fsp3) is 0.318. The molecule has 2 aromatic carbocycles. The number of unbranched alkanes of at least 4 members (excludes halogenated alkanes) is 1. The summed E-state index contributed by atoms with van der Waals surface area (Å²) in [6, 6.07) is 13.9. The van der Waals surface area contributed by atoms with E-state index in [1.54, 1.807) is 55.6 Å². The quantitative estimate of drug-likeness (QED) is 0.385. The third-order valence-electron chi connectivity index (χ3n) is 4.24. The Hall–Kier alpha value is -2.68. The van der Waals surface area contributed by atoms with Crippen LogP contribution in [0.1, 0.15) is 29.6 Å². The molecule has 9 heteroatoms. The maximum atomic E-state index is 12.3. The lowest BCUT2D eigenvalue weighted by atomic mass is 10.2. The van der Waals surface area contributed by atoms with E-state index in [0.29, 0.717) is 29.1 Å². The Kier molecular flexibility index (Phi) is 11.6. The molecule has 31 heavy (non-hydrogen) atoms. The molecular formula is C22H29ClN4O3S. The lowest BCUT2D eigenvalue weighted by Gasteiger charge is -2.11. The third kappa shape index (κ3) is 9.78. The number of anilines is 2. The number of methoxy groups -OCH3 is 1. The summed E-state index contributed by atoms with van der Waals surface area (Å²) in [6.45, 7) is 0.974. The van der Waals surface area contributed by atoms with Crippen molar-refractivity contribution in [3.05, 3.63) is 54.1 Å². The number of hydrogen-bond acceptors (Lipinski definition) is 5. The number of nitrogens with one attached hydrogen (secondary N) is 3. The number of hydrogen-bond donors (Lipinski definition) is 3. The third-order valence-corrected chi connectivity index (χ3v) is 4.45. The van der Waals surface area contributed by atoms with Crippen LogP contribution < -0.4 is 20.7 Å². The van der Waals surface area contributed by atoms with Crippen molar-refractivity contribution in [2.75, 3.05) is 38.4 Å². The van der Waals surface area contributed by atoms with Crippen LogP contribution in [0, 0.1) is 0 Å². The molecule has 0 atom stereocenters. The zero-order chi connectivity index (χ0) is 21.9. The molecule has 0 saturated heterocycles. The topological polar surface area (TPSA) is 82.7 Å². The number of nitrogens with zero attached hydrogens (tertiary/aromatic N) is 1. The van der Waals surface area contributed by atoms with E-state index in [1.165, 1.54) is 0 Å². The summed E-state index contributed by atoms with van der Waals surface area (Å²) in [4.78, 5) is 26.4. The predicted octanol–water partition coefficient (Wildman–Crippen LogP) is 3.91. The standard InChI is InChI=1S/C22H28N4O3S.ClH/c1-26(2)14-5-4-9-20(27)23-17-10-12-18(13-11-17)24-22(30)25-21(28)16-7-6-8-19(15-16)29-3;/h6-8,10-13,15H,4-5,9,14H2,1-3H3,(H,23,27)(H2,24,25,28,30);1H. The smallest absolute Gasteiger partial charge is 0.257 e. The monoisotopic (exact) mass is 464 g/mol. The van der Waals surface area contributed by atoms with Crippen molar-refractivity contribution in [1.82, 2.24) is 10.2 Å². The fourth-order valence-electron chi connectivity index (χ4n) is 2.68. The Balaban J connectivity index is 0.00000480. The van der Waals surface area contributed by atoms with Crippen LogP contribution in [-0.2, 0) is 4.79 Å². The molecule has 0 radical (unpaired) electrons. The fourth-order valence-corrected chi connectivity index (χ4v) is 2.89. The molecule has 2 aromatic rings. The minimum atomic E-state index is -0.329. The molecule has 0 saturated carbocycles. The van der Waals surface area contributed by atoms with Crippen LogP contribution in [0.15, 0.2) is 48.5 Å². The second kappa shape index (κ2) is 13.6. The van der Waals surface area contributed by atoms with Crippen LogP contribution in [0.3, 0.4) is 0 Å². The van der Waals surface area contributed by atoms with Gasteiger partial charge in [0.15, 0.2) is 5.11 Å². The first-order chi connectivity index (χ1) is 14.4. The molecule has 7 nitrogen and oxygen atoms in total. The number of amides is 2. The summed E-state index contributed by atoms with van der Waals surface area (Å²) in [7, 11) is 5.58. The van der Waals surface area contributed by atoms with Gasteiger partial charge in [0.05, 0.1) is 7.11 Å². The van der Waals surface area contributed by atoms with E-state index in [-0.39, 0.29) is 29.3 Å². The van der Waals surface area contributed by atoms with Gasteiger partial charge in [-0.15, -0.1) is 12.4 Å². The average molecular weight is 465 g/mol. The highest BCUT2D eigenvalue weighted by atomic mass is 35.5. The number of carbonyl (C=O) groups is 2. The Labute approximate surface area is 194 Å². The lowest BCUT2D eigenvalue weighted by Crippen LogP contribution is -2.34. The summed E-state index contributed by atoms with van der Waals surface area (Å²) in [6.07, 6.45) is 2.33. The number of halogens is 1. The van der Waals surface area contributed by atoms with E-state index in [9.17, 15) is 9.59 Å². The van der Waals surface area contributed by atoms with Crippen LogP contribution in [0.4, 0.5) is 11.4 Å². The minimum Gasteiger partial charge on any atom is -0.497 e. The van der Waals surface area contributed by atoms with Crippen LogP contribution in [0.5, 0.6) is 5.75 Å². The van der Waals surface area contributed by atoms with Crippen LogP contribution in [0.25, 0.3) is 0 Å². The highest BCUT2D eigenvalue weighted by molar-refractivity contribution is 7.80. The van der Waals surface area contributed by atoms with Gasteiger partial charge in [-0.1, -0.05) is 6.07 Å². The number of thiocarbonyl (C=S) groups is 1. The molecule has 0 heterocycles. The predicted molar refractivity (Wildman–Crippen MR) is 131 cm³/mol. The van der Waals surface area contributed by atoms with Crippen molar-refractivity contribution in [3.63, 3.8) is 0 Å². The first-order valence-electron chi connectivity index (χ1n) is 9.68. The molecular weight excluding hydrogens is 436 g/mol. The summed E-state index contributed by atoms with van der Waals surface area (Å²) in [5.74, 6) is 0.261. The van der Waals surface area contributed by atoms with Crippen molar-refractivity contribution in [2.45, 2.75) is 19.3 Å². The maximum Gasteiger partial charge on any atom is 0.257 e. The van der Waals surface area contributed by atoms with Crippen LogP contribution in [-0.4, -0.2) is 49.6 Å². The first kappa shape index (κ1) is 26.4. The zero-order valence-electron chi connectivity index (χ0n) is 17.9. The van der Waals surface area contributed by atoms with Crippen LogP contribution in [0.2, 0.25) is 0 Å². The molecule has 168 valence electrons. The minimum absolute atomic E-state index is 0. The van der Waals surface area contributed by atoms with Crippen molar-refractivity contribution >= 4 is 52.9 Å². The van der Waals surface area contributed by atoms with Gasteiger partial charge in [-0.25, -0.2) is 0 Å². The van der Waals surface area contributed by atoms with Crippen molar-refractivity contribution < 1.29 is 14.3 Å². The van der Waals surface area contributed by atoms with Gasteiger partial charge in [-0.3, -0.25) is 14.9 Å². The van der Waals surface area contributed by atoms with Gasteiger partial charge in [0, 0.05) is 23.4 Å². The summed E-state index contributed by atoms with van der Waals surface area (Å²) in [5.41, 5.74) is 1.86. The summed E-state index contributed by atoms with van der Waals surface area (Å²) >= 11 is 5.21. The van der Waals surface area contributed by atoms with E-state index in [2.05, 4.69) is 20.9 Å². The number of benzene rings is 2. The Bertz CT molecular complexity index is 875. The van der Waals surface area contributed by atoms with E-state index in [1.807, 2.05) is 14.1 Å². The van der Waals surface area contributed by atoms with E-state index < -0.39 is 0 Å². The highest BCUT2D eigenvalue weighted by Crippen LogP contribution is 2.15. The molecule has 0 unspecified atom stereocenters. The van der Waals surface area contributed by atoms with E-state index in [4.69, 9.17) is 17.0 Å². The van der Waals surface area contributed by atoms with Gasteiger partial charge in [0.25, 0.3) is 5.91 Å². The molecule has 3 N–H and O–H groups in total. The molecule has 2 rings (SSSR count). The molecule has 0 bridgehead atoms. The van der Waals surface area contributed by atoms with Gasteiger partial charge < -0.3 is 20.3 Å². The number of rotatable bonds is 9. The van der Waals surface area contributed by atoms with Gasteiger partial charge in [-0.05, 0) is 88.2 Å².